The Labute approximate surface area is 250 Å². The molecule has 2 saturated heterocycles. The molecule has 2 saturated carbocycles. The largest absolute Gasteiger partial charge is 0.351 e. The van der Waals surface area contributed by atoms with E-state index in [0.29, 0.717) is 37.9 Å². The van der Waals surface area contributed by atoms with Gasteiger partial charge in [0.1, 0.15) is 0 Å². The SMILES string of the molecule is [2H]C1(N[C@@H](CCCCN)C(=O)N2CC[C@@H](NC(=O)N3CCC4(CC3)CC4)[C@@H](C(=O)NCc3cccs3)C2)CCCCC1. The molecule has 4 aliphatic rings. The number of hydrogen-bond donors (Lipinski definition) is 4. The first-order chi connectivity index (χ1) is 20.3. The topological polar surface area (TPSA) is 120 Å². The van der Waals surface area contributed by atoms with E-state index < -0.39 is 18.0 Å². The number of amides is 4. The lowest BCUT2D eigenvalue weighted by molar-refractivity contribution is -0.138. The summed E-state index contributed by atoms with van der Waals surface area (Å²) in [6, 6.07) is 2.25. The molecule has 1 spiro atoms. The molecule has 0 radical (unpaired) electrons. The van der Waals surface area contributed by atoms with Crippen LogP contribution in [0.5, 0.6) is 0 Å². The van der Waals surface area contributed by atoms with Crippen molar-refractivity contribution < 1.29 is 15.8 Å². The zero-order valence-corrected chi connectivity index (χ0v) is 25.3. The number of nitrogens with two attached hydrogens (primary N) is 1. The zero-order chi connectivity index (χ0) is 29.6. The summed E-state index contributed by atoms with van der Waals surface area (Å²) in [6.45, 7) is 3.26. The molecule has 3 atom stereocenters. The van der Waals surface area contributed by atoms with Crippen molar-refractivity contribution in [2.75, 3.05) is 32.7 Å². The lowest BCUT2D eigenvalue weighted by Gasteiger charge is -2.41. The van der Waals surface area contributed by atoms with Gasteiger partial charge >= 0.3 is 6.03 Å². The minimum atomic E-state index is -0.793. The van der Waals surface area contributed by atoms with Crippen molar-refractivity contribution in [1.82, 2.24) is 25.8 Å². The van der Waals surface area contributed by atoms with E-state index in [1.807, 2.05) is 22.4 Å². The number of urea groups is 1. The Balaban J connectivity index is 1.25. The number of carbonyl (C=O) groups excluding carboxylic acids is 3. The van der Waals surface area contributed by atoms with E-state index in [9.17, 15) is 14.4 Å². The van der Waals surface area contributed by atoms with Gasteiger partial charge in [0.25, 0.3) is 0 Å². The Kier molecular flexibility index (Phi) is 10.1. The first kappa shape index (κ1) is 28.9. The van der Waals surface area contributed by atoms with E-state index >= 15 is 0 Å². The first-order valence-corrected chi connectivity index (χ1v) is 16.8. The van der Waals surface area contributed by atoms with Gasteiger partial charge in [0, 0.05) is 44.5 Å². The lowest BCUT2D eigenvalue weighted by atomic mass is 9.89. The van der Waals surface area contributed by atoms with Crippen molar-refractivity contribution in [2.24, 2.45) is 17.1 Å². The third-order valence-electron chi connectivity index (χ3n) is 9.74. The Bertz CT molecular complexity index is 1050. The van der Waals surface area contributed by atoms with E-state index in [1.54, 1.807) is 16.2 Å². The van der Waals surface area contributed by atoms with Crippen LogP contribution in [0.4, 0.5) is 4.79 Å². The molecule has 2 aliphatic heterocycles. The van der Waals surface area contributed by atoms with Gasteiger partial charge in [-0.3, -0.25) is 9.59 Å². The molecule has 4 amide bonds. The van der Waals surface area contributed by atoms with E-state index in [-0.39, 0.29) is 30.4 Å². The van der Waals surface area contributed by atoms with E-state index in [1.165, 1.54) is 12.8 Å². The standard InChI is InChI=1S/C31H50N6O3S/c32-16-5-4-10-27(34-23-7-2-1-3-8-23)29(39)37-17-11-26(25(22-37)28(38)33-21-24-9-6-20-41-24)35-30(40)36-18-14-31(12-13-31)15-19-36/h6,9,20,23,25-27,34H,1-5,7-8,10-19,21-22,32H2,(H,33,38)(H,35,40)/t25-,26+,27-/m0/s1/i23D. The average Bonchev–Trinajstić information content (AvgIpc) is 3.53. The molecule has 5 rings (SSSR count). The van der Waals surface area contributed by atoms with Crippen molar-refractivity contribution in [2.45, 2.75) is 108 Å². The van der Waals surface area contributed by atoms with Crippen LogP contribution < -0.4 is 21.7 Å². The summed E-state index contributed by atoms with van der Waals surface area (Å²) in [5.41, 5.74) is 6.23. The Morgan fingerprint density at radius 3 is 2.51 bits per heavy atom. The molecule has 3 heterocycles. The lowest BCUT2D eigenvalue weighted by Crippen LogP contribution is -2.61. The Morgan fingerprint density at radius 2 is 1.83 bits per heavy atom. The maximum absolute atomic E-state index is 14.0. The molecule has 4 fully saturated rings. The van der Waals surface area contributed by atoms with Crippen LogP contribution in [0.2, 0.25) is 0 Å². The van der Waals surface area contributed by atoms with Gasteiger partial charge in [0.15, 0.2) is 0 Å². The van der Waals surface area contributed by atoms with Gasteiger partial charge in [-0.05, 0) is 81.2 Å². The molecule has 228 valence electrons. The number of piperidine rings is 2. The van der Waals surface area contributed by atoms with Crippen molar-refractivity contribution in [1.29, 1.82) is 0 Å². The van der Waals surface area contributed by atoms with E-state index in [0.717, 1.165) is 75.8 Å². The highest BCUT2D eigenvalue weighted by Gasteiger charge is 2.46. The summed E-state index contributed by atoms with van der Waals surface area (Å²) >= 11 is 1.59. The van der Waals surface area contributed by atoms with Gasteiger partial charge in [-0.25, -0.2) is 4.79 Å². The number of carbonyl (C=O) groups is 3. The summed E-state index contributed by atoms with van der Waals surface area (Å²) in [6.07, 6.45) is 12.1. The summed E-state index contributed by atoms with van der Waals surface area (Å²) in [5, 5.41) is 11.7. The van der Waals surface area contributed by atoms with Gasteiger partial charge in [-0.15, -0.1) is 11.3 Å². The average molecular weight is 588 g/mol. The monoisotopic (exact) mass is 587 g/mol. The second kappa shape index (κ2) is 14.3. The number of hydrogen-bond acceptors (Lipinski definition) is 6. The highest BCUT2D eigenvalue weighted by Crippen LogP contribution is 2.53. The third kappa shape index (κ3) is 8.23. The molecule has 1 aromatic heterocycles. The van der Waals surface area contributed by atoms with Gasteiger partial charge in [-0.1, -0.05) is 31.7 Å². The summed E-state index contributed by atoms with van der Waals surface area (Å²) in [7, 11) is 0. The minimum absolute atomic E-state index is 0.0455. The molecule has 41 heavy (non-hydrogen) atoms. The highest BCUT2D eigenvalue weighted by molar-refractivity contribution is 7.09. The van der Waals surface area contributed by atoms with Gasteiger partial charge in [0.05, 0.1) is 18.5 Å². The predicted octanol–water partition coefficient (Wildman–Crippen LogP) is 3.59. The molecule has 2 aliphatic carbocycles. The van der Waals surface area contributed by atoms with Crippen LogP contribution in [0.15, 0.2) is 17.5 Å². The molecule has 10 heteroatoms. The second-order valence-electron chi connectivity index (χ2n) is 12.7. The summed E-state index contributed by atoms with van der Waals surface area (Å²) < 4.78 is 8.98. The number of thiophene rings is 1. The maximum Gasteiger partial charge on any atom is 0.317 e. The number of unbranched alkanes of at least 4 members (excludes halogenated alkanes) is 1. The van der Waals surface area contributed by atoms with Crippen LogP contribution in [0.1, 0.15) is 89.7 Å². The molecular formula is C31H50N6O3S. The maximum atomic E-state index is 14.0. The van der Waals surface area contributed by atoms with Gasteiger partial charge in [-0.2, -0.15) is 0 Å². The van der Waals surface area contributed by atoms with Gasteiger partial charge in [0.2, 0.25) is 11.8 Å². The normalized spacial score (nSPS) is 26.2. The fourth-order valence-electron chi connectivity index (χ4n) is 6.76. The van der Waals surface area contributed by atoms with E-state index in [4.69, 9.17) is 7.10 Å². The van der Waals surface area contributed by atoms with Crippen molar-refractivity contribution in [3.63, 3.8) is 0 Å². The quantitative estimate of drug-likeness (QED) is 0.295. The molecule has 9 nitrogen and oxygen atoms in total. The van der Waals surface area contributed by atoms with Crippen molar-refractivity contribution >= 4 is 29.2 Å². The van der Waals surface area contributed by atoms with Crippen molar-refractivity contribution in [3.8, 4) is 0 Å². The van der Waals surface area contributed by atoms with Crippen LogP contribution in [-0.2, 0) is 16.1 Å². The van der Waals surface area contributed by atoms with Crippen LogP contribution in [0, 0.1) is 11.3 Å². The zero-order valence-electron chi connectivity index (χ0n) is 25.5. The minimum Gasteiger partial charge on any atom is -0.351 e. The highest BCUT2D eigenvalue weighted by atomic mass is 32.1. The predicted molar refractivity (Wildman–Crippen MR) is 162 cm³/mol. The van der Waals surface area contributed by atoms with Gasteiger partial charge < -0.3 is 31.5 Å². The molecule has 0 unspecified atom stereocenters. The fourth-order valence-corrected chi connectivity index (χ4v) is 7.40. The molecular weight excluding hydrogens is 536 g/mol. The fraction of sp³-hybridized carbons (Fsp3) is 0.774. The molecule has 5 N–H and O–H groups in total. The molecule has 0 aromatic carbocycles. The second-order valence-corrected chi connectivity index (χ2v) is 13.7. The van der Waals surface area contributed by atoms with Crippen LogP contribution >= 0.6 is 11.3 Å². The van der Waals surface area contributed by atoms with E-state index in [2.05, 4.69) is 16.0 Å². The van der Waals surface area contributed by atoms with Crippen LogP contribution in [0.25, 0.3) is 0 Å². The van der Waals surface area contributed by atoms with Crippen LogP contribution in [-0.4, -0.2) is 78.5 Å². The number of nitrogens with zero attached hydrogens (tertiary/aromatic N) is 2. The summed E-state index contributed by atoms with van der Waals surface area (Å²) in [5.74, 6) is -0.731. The molecule has 0 bridgehead atoms. The third-order valence-corrected chi connectivity index (χ3v) is 10.6. The number of nitrogens with one attached hydrogen (secondary N) is 3. The van der Waals surface area contributed by atoms with Crippen LogP contribution in [0.3, 0.4) is 0 Å². The number of likely N-dealkylation sites (tertiary alicyclic amines) is 2. The Morgan fingerprint density at radius 1 is 1.05 bits per heavy atom. The summed E-state index contributed by atoms with van der Waals surface area (Å²) in [4.78, 5) is 45.6. The Hall–Kier alpha value is -2.17. The van der Waals surface area contributed by atoms with Crippen molar-refractivity contribution in [3.05, 3.63) is 22.4 Å². The molecule has 1 aromatic rings. The first-order valence-electron chi connectivity index (χ1n) is 16.4. The smallest absolute Gasteiger partial charge is 0.317 e. The number of rotatable bonds is 11.